The van der Waals surface area contributed by atoms with Crippen LogP contribution in [-0.4, -0.2) is 4.57 Å². The van der Waals surface area contributed by atoms with Crippen LogP contribution in [0.2, 0.25) is 0 Å². The Bertz CT molecular complexity index is 4110. The minimum absolute atomic E-state index is 1.06. The van der Waals surface area contributed by atoms with Crippen molar-refractivity contribution >= 4 is 55.9 Å². The van der Waals surface area contributed by atoms with Crippen LogP contribution in [0.25, 0.3) is 83.1 Å². The zero-order chi connectivity index (χ0) is 52.5. The molecule has 0 atom stereocenters. The van der Waals surface area contributed by atoms with Crippen LogP contribution in [-0.2, 0) is 0 Å². The van der Waals surface area contributed by atoms with Crippen molar-refractivity contribution < 1.29 is 0 Å². The largest absolute Gasteiger partial charge is 0.310 e. The van der Waals surface area contributed by atoms with E-state index < -0.39 is 0 Å². The summed E-state index contributed by atoms with van der Waals surface area (Å²) in [6, 6.07) is 106. The molecule has 3 heteroatoms. The molecule has 12 aromatic carbocycles. The van der Waals surface area contributed by atoms with E-state index in [4.69, 9.17) is 0 Å². The molecule has 0 saturated carbocycles. The molecule has 0 unspecified atom stereocenters. The molecular formula is C75H57N3. The Kier molecular flexibility index (Phi) is 12.6. The lowest BCUT2D eigenvalue weighted by atomic mass is 9.85. The smallest absolute Gasteiger partial charge is 0.0541 e. The van der Waals surface area contributed by atoms with Crippen molar-refractivity contribution in [3.8, 4) is 61.3 Å². The molecule has 0 radical (unpaired) electrons. The second-order valence-electron chi connectivity index (χ2n) is 20.4. The lowest BCUT2D eigenvalue weighted by Crippen LogP contribution is -2.10. The van der Waals surface area contributed by atoms with E-state index in [1.165, 1.54) is 77.4 Å². The third-order valence-corrected chi connectivity index (χ3v) is 15.3. The molecule has 1 heterocycles. The fourth-order valence-electron chi connectivity index (χ4n) is 11.3. The Morgan fingerprint density at radius 1 is 0.256 bits per heavy atom. The molecule has 0 N–H and O–H groups in total. The number of aryl methyl sites for hydroxylation is 3. The van der Waals surface area contributed by atoms with Crippen LogP contribution < -0.4 is 9.80 Å². The molecule has 1 aromatic heterocycles. The van der Waals surface area contributed by atoms with Crippen molar-refractivity contribution in [2.24, 2.45) is 0 Å². The van der Waals surface area contributed by atoms with Gasteiger partial charge < -0.3 is 14.4 Å². The van der Waals surface area contributed by atoms with Crippen molar-refractivity contribution in [1.29, 1.82) is 0 Å². The van der Waals surface area contributed by atoms with Gasteiger partial charge in [0.05, 0.1) is 11.0 Å². The SMILES string of the molecule is Cc1ccc(N(c2ccc(C)cc2)c2ccc(C)c(-c3c(-c4cccc(N(c5ccc(-c6ccccc6)cc5)c5ccc(-c6ccccc6)cc5)c4)cccc3-c3ccc4c(c3)c3ccccc3n4-c3ccccc3)c2)cc1. The fourth-order valence-corrected chi connectivity index (χ4v) is 11.3. The number of hydrogen-bond donors (Lipinski definition) is 0. The van der Waals surface area contributed by atoms with Gasteiger partial charge in [0, 0.05) is 50.6 Å². The number of nitrogens with zero attached hydrogens (tertiary/aromatic N) is 3. The summed E-state index contributed by atoms with van der Waals surface area (Å²) in [6.45, 7) is 6.56. The second-order valence-corrected chi connectivity index (χ2v) is 20.4. The normalized spacial score (nSPS) is 11.3. The highest BCUT2D eigenvalue weighted by Gasteiger charge is 2.23. The van der Waals surface area contributed by atoms with E-state index in [1.807, 2.05) is 0 Å². The molecule has 78 heavy (non-hydrogen) atoms. The van der Waals surface area contributed by atoms with E-state index in [0.717, 1.165) is 56.5 Å². The van der Waals surface area contributed by atoms with Crippen LogP contribution in [0.3, 0.4) is 0 Å². The Hall–Kier alpha value is -9.96. The second kappa shape index (κ2) is 20.6. The van der Waals surface area contributed by atoms with E-state index in [1.54, 1.807) is 0 Å². The molecule has 0 spiro atoms. The van der Waals surface area contributed by atoms with Gasteiger partial charge in [-0.25, -0.2) is 0 Å². The summed E-state index contributed by atoms with van der Waals surface area (Å²) >= 11 is 0. The van der Waals surface area contributed by atoms with Crippen molar-refractivity contribution in [3.63, 3.8) is 0 Å². The summed E-state index contributed by atoms with van der Waals surface area (Å²) in [4.78, 5) is 4.78. The van der Waals surface area contributed by atoms with Gasteiger partial charge in [-0.15, -0.1) is 0 Å². The number of anilines is 6. The molecule has 372 valence electrons. The zero-order valence-electron chi connectivity index (χ0n) is 44.1. The van der Waals surface area contributed by atoms with E-state index in [9.17, 15) is 0 Å². The summed E-state index contributed by atoms with van der Waals surface area (Å²) in [7, 11) is 0. The molecular weight excluding hydrogens is 943 g/mol. The van der Waals surface area contributed by atoms with Crippen molar-refractivity contribution in [1.82, 2.24) is 4.57 Å². The van der Waals surface area contributed by atoms with Crippen LogP contribution in [0.4, 0.5) is 34.1 Å². The third kappa shape index (κ3) is 9.12. The predicted octanol–water partition coefficient (Wildman–Crippen LogP) is 21.0. The highest BCUT2D eigenvalue weighted by Crippen LogP contribution is 2.47. The van der Waals surface area contributed by atoms with Crippen molar-refractivity contribution in [3.05, 3.63) is 308 Å². The maximum atomic E-state index is 2.42. The van der Waals surface area contributed by atoms with Gasteiger partial charge in [-0.1, -0.05) is 199 Å². The van der Waals surface area contributed by atoms with Crippen LogP contribution in [0, 0.1) is 20.8 Å². The van der Waals surface area contributed by atoms with Crippen molar-refractivity contribution in [2.75, 3.05) is 9.80 Å². The van der Waals surface area contributed by atoms with Crippen LogP contribution in [0.5, 0.6) is 0 Å². The number of para-hydroxylation sites is 2. The van der Waals surface area contributed by atoms with Crippen LogP contribution in [0.1, 0.15) is 16.7 Å². The maximum Gasteiger partial charge on any atom is 0.0541 e. The predicted molar refractivity (Wildman–Crippen MR) is 332 cm³/mol. The molecule has 0 aliphatic carbocycles. The average molecular weight is 1000 g/mol. The average Bonchev–Trinajstić information content (AvgIpc) is 3.92. The molecule has 0 aliphatic heterocycles. The van der Waals surface area contributed by atoms with Gasteiger partial charge in [-0.3, -0.25) is 0 Å². The Balaban J connectivity index is 1.02. The lowest BCUT2D eigenvalue weighted by Gasteiger charge is -2.28. The highest BCUT2D eigenvalue weighted by atomic mass is 15.1. The first-order chi connectivity index (χ1) is 38.4. The first-order valence-corrected chi connectivity index (χ1v) is 26.9. The first kappa shape index (κ1) is 47.7. The Morgan fingerprint density at radius 3 is 1.23 bits per heavy atom. The molecule has 0 fully saturated rings. The molecule has 0 amide bonds. The molecule has 0 aliphatic rings. The zero-order valence-corrected chi connectivity index (χ0v) is 44.1. The van der Waals surface area contributed by atoms with Gasteiger partial charge in [-0.2, -0.15) is 0 Å². The van der Waals surface area contributed by atoms with Gasteiger partial charge in [0.1, 0.15) is 0 Å². The summed E-state index contributed by atoms with van der Waals surface area (Å²) in [5.41, 5.74) is 25.4. The van der Waals surface area contributed by atoms with Crippen LogP contribution >= 0.6 is 0 Å². The van der Waals surface area contributed by atoms with E-state index in [2.05, 4.69) is 326 Å². The Labute approximate surface area is 457 Å². The molecule has 13 aromatic rings. The monoisotopic (exact) mass is 999 g/mol. The van der Waals surface area contributed by atoms with Gasteiger partial charge >= 0.3 is 0 Å². The lowest BCUT2D eigenvalue weighted by molar-refractivity contribution is 1.18. The summed E-state index contributed by atoms with van der Waals surface area (Å²) in [5, 5.41) is 2.44. The number of fused-ring (bicyclic) bond motifs is 3. The summed E-state index contributed by atoms with van der Waals surface area (Å²) in [6.07, 6.45) is 0. The summed E-state index contributed by atoms with van der Waals surface area (Å²) < 4.78 is 2.39. The van der Waals surface area contributed by atoms with Gasteiger partial charge in [0.2, 0.25) is 0 Å². The van der Waals surface area contributed by atoms with E-state index in [-0.39, 0.29) is 0 Å². The first-order valence-electron chi connectivity index (χ1n) is 26.9. The van der Waals surface area contributed by atoms with Gasteiger partial charge in [0.25, 0.3) is 0 Å². The molecule has 13 rings (SSSR count). The maximum absolute atomic E-state index is 2.42. The quantitative estimate of drug-likeness (QED) is 0.121. The summed E-state index contributed by atoms with van der Waals surface area (Å²) in [5.74, 6) is 0. The van der Waals surface area contributed by atoms with Crippen molar-refractivity contribution in [2.45, 2.75) is 20.8 Å². The number of aromatic nitrogens is 1. The number of benzene rings is 12. The minimum atomic E-state index is 1.06. The molecule has 0 saturated heterocycles. The fraction of sp³-hybridized carbons (Fsp3) is 0.0400. The number of hydrogen-bond acceptors (Lipinski definition) is 2. The number of rotatable bonds is 12. The third-order valence-electron chi connectivity index (χ3n) is 15.3. The highest BCUT2D eigenvalue weighted by molar-refractivity contribution is 6.11. The van der Waals surface area contributed by atoms with Gasteiger partial charge in [0.15, 0.2) is 0 Å². The Morgan fingerprint density at radius 2 is 0.667 bits per heavy atom. The topological polar surface area (TPSA) is 11.4 Å². The molecule has 3 nitrogen and oxygen atoms in total. The minimum Gasteiger partial charge on any atom is -0.310 e. The molecule has 0 bridgehead atoms. The van der Waals surface area contributed by atoms with Gasteiger partial charge in [-0.05, 0) is 185 Å². The van der Waals surface area contributed by atoms with E-state index in [0.29, 0.717) is 0 Å². The standard InChI is InChI=1S/C75H57N3/c1-52-29-39-62(40-30-52)77(63-41-31-53(2)32-42-63)67-43-33-54(3)71(51-67)75-68(26-16-27-69(75)60-38-48-74-72(50-60)70-25-13-14-28-73(70)78(74)61-22-11-6-12-23-61)59-21-15-24-66(49-59)76(64-44-34-57(35-45-64)55-17-7-4-8-18-55)65-46-36-58(37-47-65)56-19-9-5-10-20-56/h4-51H,1-3H3. The van der Waals surface area contributed by atoms with Crippen LogP contribution in [0.15, 0.2) is 291 Å². The van der Waals surface area contributed by atoms with E-state index >= 15 is 0 Å².